The largest absolute Gasteiger partial charge is 0.348 e. The van der Waals surface area contributed by atoms with Gasteiger partial charge in [-0.2, -0.15) is 0 Å². The SMILES string of the molecule is CC1(C)ONC(=O)N1c1ccc(Cl)c(Cl)c1. The van der Waals surface area contributed by atoms with Gasteiger partial charge < -0.3 is 0 Å². The molecule has 0 atom stereocenters. The third-order valence-corrected chi connectivity index (χ3v) is 3.03. The number of nitrogens with one attached hydrogen (secondary N) is 1. The number of carbonyl (C=O) groups is 1. The first-order chi connectivity index (χ1) is 7.42. The summed E-state index contributed by atoms with van der Waals surface area (Å²) >= 11 is 11.7. The van der Waals surface area contributed by atoms with Gasteiger partial charge in [0, 0.05) is 0 Å². The van der Waals surface area contributed by atoms with E-state index in [-0.39, 0.29) is 6.03 Å². The van der Waals surface area contributed by atoms with Crippen molar-refractivity contribution in [3.8, 4) is 0 Å². The van der Waals surface area contributed by atoms with Gasteiger partial charge in [0.05, 0.1) is 15.7 Å². The fraction of sp³-hybridized carbons (Fsp3) is 0.300. The van der Waals surface area contributed by atoms with E-state index < -0.39 is 5.72 Å². The maximum absolute atomic E-state index is 11.6. The standard InChI is InChI=1S/C10H10Cl2N2O2/c1-10(2)14(9(15)13-16-10)6-3-4-7(11)8(12)5-6/h3-5H,1-2H3,(H,13,15). The number of rotatable bonds is 1. The molecule has 16 heavy (non-hydrogen) atoms. The molecule has 1 aliphatic heterocycles. The zero-order chi connectivity index (χ0) is 11.9. The molecule has 1 aromatic carbocycles. The van der Waals surface area contributed by atoms with Crippen molar-refractivity contribution in [1.29, 1.82) is 0 Å². The van der Waals surface area contributed by atoms with Crippen molar-refractivity contribution in [2.45, 2.75) is 19.6 Å². The number of urea groups is 1. The van der Waals surface area contributed by atoms with Gasteiger partial charge in [-0.05, 0) is 32.0 Å². The number of carbonyl (C=O) groups excluding carboxylic acids is 1. The maximum atomic E-state index is 11.6. The molecule has 0 bridgehead atoms. The van der Waals surface area contributed by atoms with Gasteiger partial charge in [0.1, 0.15) is 0 Å². The van der Waals surface area contributed by atoms with Crippen molar-refractivity contribution < 1.29 is 9.63 Å². The lowest BCUT2D eigenvalue weighted by Gasteiger charge is -2.27. The number of benzene rings is 1. The number of hydroxylamine groups is 1. The van der Waals surface area contributed by atoms with Crippen LogP contribution in [0.25, 0.3) is 0 Å². The lowest BCUT2D eigenvalue weighted by Crippen LogP contribution is -2.41. The second kappa shape index (κ2) is 3.80. The molecule has 0 saturated carbocycles. The molecule has 6 heteroatoms. The lowest BCUT2D eigenvalue weighted by atomic mass is 10.2. The van der Waals surface area contributed by atoms with Crippen LogP contribution in [0, 0.1) is 0 Å². The number of hydrogen-bond donors (Lipinski definition) is 1. The first-order valence-corrected chi connectivity index (χ1v) is 5.41. The highest BCUT2D eigenvalue weighted by atomic mass is 35.5. The van der Waals surface area contributed by atoms with E-state index in [4.69, 9.17) is 28.0 Å². The second-order valence-electron chi connectivity index (χ2n) is 3.89. The van der Waals surface area contributed by atoms with Gasteiger partial charge in [0.25, 0.3) is 0 Å². The minimum absolute atomic E-state index is 0.330. The Morgan fingerprint density at radius 3 is 2.50 bits per heavy atom. The van der Waals surface area contributed by atoms with Gasteiger partial charge in [0.2, 0.25) is 0 Å². The summed E-state index contributed by atoms with van der Waals surface area (Å²) in [5.74, 6) is 0. The van der Waals surface area contributed by atoms with E-state index in [9.17, 15) is 4.79 Å². The highest BCUT2D eigenvalue weighted by Crippen LogP contribution is 2.33. The van der Waals surface area contributed by atoms with E-state index in [1.807, 2.05) is 0 Å². The molecule has 1 aliphatic rings. The predicted octanol–water partition coefficient (Wildman–Crippen LogP) is 3.19. The Kier molecular flexibility index (Phi) is 2.74. The Labute approximate surface area is 103 Å². The third-order valence-electron chi connectivity index (χ3n) is 2.29. The zero-order valence-electron chi connectivity index (χ0n) is 8.75. The van der Waals surface area contributed by atoms with Gasteiger partial charge in [-0.1, -0.05) is 23.2 Å². The smallest absolute Gasteiger partial charge is 0.261 e. The molecular formula is C10H10Cl2N2O2. The number of anilines is 1. The van der Waals surface area contributed by atoms with E-state index in [1.165, 1.54) is 4.90 Å². The Hall–Kier alpha value is -0.970. The van der Waals surface area contributed by atoms with Crippen LogP contribution in [-0.2, 0) is 4.84 Å². The summed E-state index contributed by atoms with van der Waals surface area (Å²) in [7, 11) is 0. The molecule has 0 aliphatic carbocycles. The number of halogens is 2. The van der Waals surface area contributed by atoms with Crippen molar-refractivity contribution in [2.24, 2.45) is 0 Å². The molecule has 2 amide bonds. The van der Waals surface area contributed by atoms with Gasteiger partial charge >= 0.3 is 6.03 Å². The van der Waals surface area contributed by atoms with Crippen molar-refractivity contribution >= 4 is 34.9 Å². The minimum Gasteiger partial charge on any atom is -0.261 e. The summed E-state index contributed by atoms with van der Waals surface area (Å²) in [6.07, 6.45) is 0. The Morgan fingerprint density at radius 2 is 2.00 bits per heavy atom. The molecule has 0 spiro atoms. The summed E-state index contributed by atoms with van der Waals surface area (Å²) in [5, 5.41) is 0.846. The molecule has 1 heterocycles. The van der Waals surface area contributed by atoms with Crippen molar-refractivity contribution in [3.63, 3.8) is 0 Å². The fourth-order valence-electron chi connectivity index (χ4n) is 1.56. The van der Waals surface area contributed by atoms with Gasteiger partial charge in [0.15, 0.2) is 5.72 Å². The van der Waals surface area contributed by atoms with Crippen LogP contribution < -0.4 is 10.4 Å². The van der Waals surface area contributed by atoms with Crippen LogP contribution in [-0.4, -0.2) is 11.8 Å². The predicted molar refractivity (Wildman–Crippen MR) is 62.6 cm³/mol. The number of hydrogen-bond acceptors (Lipinski definition) is 2. The van der Waals surface area contributed by atoms with E-state index in [1.54, 1.807) is 32.0 Å². The van der Waals surface area contributed by atoms with Crippen LogP contribution >= 0.6 is 23.2 Å². The summed E-state index contributed by atoms with van der Waals surface area (Å²) in [4.78, 5) is 18.2. The summed E-state index contributed by atoms with van der Waals surface area (Å²) < 4.78 is 0. The molecule has 0 aromatic heterocycles. The maximum Gasteiger partial charge on any atom is 0.348 e. The van der Waals surface area contributed by atoms with Crippen LogP contribution in [0.3, 0.4) is 0 Å². The molecule has 4 nitrogen and oxygen atoms in total. The molecule has 1 saturated heterocycles. The first-order valence-electron chi connectivity index (χ1n) is 4.65. The van der Waals surface area contributed by atoms with Crippen LogP contribution in [0.1, 0.15) is 13.8 Å². The summed E-state index contributed by atoms with van der Waals surface area (Å²) in [6.45, 7) is 3.54. The van der Waals surface area contributed by atoms with Crippen molar-refractivity contribution in [3.05, 3.63) is 28.2 Å². The molecule has 0 unspecified atom stereocenters. The molecule has 1 N–H and O–H groups in total. The highest BCUT2D eigenvalue weighted by Gasteiger charge is 2.40. The third kappa shape index (κ3) is 1.84. The highest BCUT2D eigenvalue weighted by molar-refractivity contribution is 6.42. The molecule has 1 fully saturated rings. The van der Waals surface area contributed by atoms with E-state index in [0.29, 0.717) is 15.7 Å². The monoisotopic (exact) mass is 260 g/mol. The van der Waals surface area contributed by atoms with Crippen LogP contribution in [0.2, 0.25) is 10.0 Å². The normalized spacial score (nSPS) is 18.8. The Bertz CT molecular complexity index is 448. The molecular weight excluding hydrogens is 251 g/mol. The van der Waals surface area contributed by atoms with Gasteiger partial charge in [-0.15, -0.1) is 0 Å². The van der Waals surface area contributed by atoms with E-state index in [0.717, 1.165) is 0 Å². The average Bonchev–Trinajstić information content (AvgIpc) is 2.46. The van der Waals surface area contributed by atoms with Crippen LogP contribution in [0.4, 0.5) is 10.5 Å². The van der Waals surface area contributed by atoms with Crippen molar-refractivity contribution in [2.75, 3.05) is 4.90 Å². The minimum atomic E-state index is -0.756. The fourth-order valence-corrected chi connectivity index (χ4v) is 1.85. The quantitative estimate of drug-likeness (QED) is 0.843. The van der Waals surface area contributed by atoms with Crippen LogP contribution in [0.5, 0.6) is 0 Å². The van der Waals surface area contributed by atoms with E-state index >= 15 is 0 Å². The van der Waals surface area contributed by atoms with Gasteiger partial charge in [-0.25, -0.2) is 15.1 Å². The van der Waals surface area contributed by atoms with Crippen LogP contribution in [0.15, 0.2) is 18.2 Å². The Morgan fingerprint density at radius 1 is 1.31 bits per heavy atom. The second-order valence-corrected chi connectivity index (χ2v) is 4.70. The first kappa shape index (κ1) is 11.5. The molecule has 0 radical (unpaired) electrons. The lowest BCUT2D eigenvalue weighted by molar-refractivity contribution is -0.0211. The molecule has 2 rings (SSSR count). The topological polar surface area (TPSA) is 41.6 Å². The Balaban J connectivity index is 2.43. The van der Waals surface area contributed by atoms with E-state index in [2.05, 4.69) is 5.48 Å². The molecule has 1 aromatic rings. The summed E-state index contributed by atoms with van der Waals surface area (Å²) in [5.41, 5.74) is 2.18. The zero-order valence-corrected chi connectivity index (χ0v) is 10.3. The number of amides is 2. The average molecular weight is 261 g/mol. The van der Waals surface area contributed by atoms with Gasteiger partial charge in [-0.3, -0.25) is 4.90 Å². The van der Waals surface area contributed by atoms with Crippen molar-refractivity contribution in [1.82, 2.24) is 5.48 Å². The summed E-state index contributed by atoms with van der Waals surface area (Å²) in [6, 6.07) is 4.65. The number of nitrogens with zero attached hydrogens (tertiary/aromatic N) is 1. The molecule has 86 valence electrons.